The molecular weight excluding hydrogens is 260 g/mol. The molecule has 0 radical (unpaired) electrons. The van der Waals surface area contributed by atoms with Crippen LogP contribution >= 0.6 is 0 Å². The monoisotopic (exact) mass is 290 g/mol. The van der Waals surface area contributed by atoms with Gasteiger partial charge in [0.1, 0.15) is 5.75 Å². The first kappa shape index (κ1) is 16.3. The van der Waals surface area contributed by atoms with Crippen molar-refractivity contribution in [2.75, 3.05) is 33.8 Å². The molecule has 2 atom stereocenters. The van der Waals surface area contributed by atoms with Gasteiger partial charge in [-0.05, 0) is 69.6 Å². The molecule has 1 aliphatic heterocycles. The molecule has 1 heterocycles. The number of nitrogens with zero attached hydrogens (tertiary/aromatic N) is 1. The highest BCUT2D eigenvalue weighted by molar-refractivity contribution is 5.31. The van der Waals surface area contributed by atoms with Crippen LogP contribution in [0.25, 0.3) is 0 Å². The second-order valence-corrected chi connectivity index (χ2v) is 6.16. The summed E-state index contributed by atoms with van der Waals surface area (Å²) in [6, 6.07) is 9.10. The summed E-state index contributed by atoms with van der Waals surface area (Å²) >= 11 is 0. The molecule has 1 aromatic carbocycles. The van der Waals surface area contributed by atoms with Crippen LogP contribution in [0.2, 0.25) is 0 Å². The Morgan fingerprint density at radius 1 is 1.33 bits per heavy atom. The number of likely N-dealkylation sites (tertiary alicyclic amines) is 1. The molecule has 1 aromatic rings. The molecule has 0 aliphatic carbocycles. The van der Waals surface area contributed by atoms with Crippen molar-refractivity contribution in [3.8, 4) is 5.75 Å². The summed E-state index contributed by atoms with van der Waals surface area (Å²) in [5.41, 5.74) is 1.39. The number of methoxy groups -OCH3 is 1. The first-order chi connectivity index (χ1) is 10.3. The third-order valence-corrected chi connectivity index (χ3v) is 4.53. The van der Waals surface area contributed by atoms with Crippen molar-refractivity contribution in [3.63, 3.8) is 0 Å². The largest absolute Gasteiger partial charge is 0.497 e. The number of nitrogens with one attached hydrogen (secondary N) is 1. The zero-order valence-corrected chi connectivity index (χ0v) is 13.8. The summed E-state index contributed by atoms with van der Waals surface area (Å²) in [4.78, 5) is 2.53. The van der Waals surface area contributed by atoms with Gasteiger partial charge in [0.05, 0.1) is 7.11 Å². The molecule has 1 aliphatic rings. The number of hydrogen-bond acceptors (Lipinski definition) is 3. The van der Waals surface area contributed by atoms with Crippen LogP contribution in [0.15, 0.2) is 24.3 Å². The second-order valence-electron chi connectivity index (χ2n) is 6.16. The first-order valence-corrected chi connectivity index (χ1v) is 8.31. The molecule has 0 aromatic heterocycles. The average Bonchev–Trinajstić information content (AvgIpc) is 2.69. The van der Waals surface area contributed by atoms with E-state index in [1.54, 1.807) is 7.11 Å². The topological polar surface area (TPSA) is 24.5 Å². The van der Waals surface area contributed by atoms with Crippen LogP contribution in [-0.4, -0.2) is 38.7 Å². The minimum atomic E-state index is 0.493. The van der Waals surface area contributed by atoms with Crippen molar-refractivity contribution < 1.29 is 4.74 Å². The van der Waals surface area contributed by atoms with Crippen molar-refractivity contribution in [1.82, 2.24) is 10.2 Å². The van der Waals surface area contributed by atoms with Gasteiger partial charge in [-0.2, -0.15) is 0 Å². The Labute approximate surface area is 129 Å². The highest BCUT2D eigenvalue weighted by Crippen LogP contribution is 2.35. The van der Waals surface area contributed by atoms with Crippen LogP contribution in [0.3, 0.4) is 0 Å². The van der Waals surface area contributed by atoms with Gasteiger partial charge in [-0.25, -0.2) is 0 Å². The maximum Gasteiger partial charge on any atom is 0.119 e. The second kappa shape index (κ2) is 8.40. The van der Waals surface area contributed by atoms with E-state index in [0.717, 1.165) is 18.8 Å². The molecule has 2 unspecified atom stereocenters. The van der Waals surface area contributed by atoms with E-state index in [2.05, 4.69) is 42.4 Å². The molecule has 1 saturated heterocycles. The Hall–Kier alpha value is -1.06. The molecule has 0 spiro atoms. The fourth-order valence-electron chi connectivity index (χ4n) is 3.45. The van der Waals surface area contributed by atoms with E-state index in [1.165, 1.54) is 37.8 Å². The lowest BCUT2D eigenvalue weighted by Crippen LogP contribution is -2.35. The number of rotatable bonds is 6. The van der Waals surface area contributed by atoms with Crippen molar-refractivity contribution in [2.45, 2.75) is 38.6 Å². The van der Waals surface area contributed by atoms with Crippen molar-refractivity contribution in [1.29, 1.82) is 0 Å². The fraction of sp³-hybridized carbons (Fsp3) is 0.667. The maximum absolute atomic E-state index is 5.41. The Balaban J connectivity index is 2.18. The molecule has 1 fully saturated rings. The lowest BCUT2D eigenvalue weighted by molar-refractivity contribution is 0.189. The summed E-state index contributed by atoms with van der Waals surface area (Å²) in [5.74, 6) is 1.64. The Kier molecular flexibility index (Phi) is 6.52. The maximum atomic E-state index is 5.41. The van der Waals surface area contributed by atoms with Gasteiger partial charge in [-0.1, -0.05) is 25.5 Å². The summed E-state index contributed by atoms with van der Waals surface area (Å²) in [7, 11) is 4.01. The molecule has 3 nitrogen and oxygen atoms in total. The lowest BCUT2D eigenvalue weighted by Gasteiger charge is -2.33. The van der Waals surface area contributed by atoms with Crippen molar-refractivity contribution in [2.24, 2.45) is 5.92 Å². The number of benzene rings is 1. The summed E-state index contributed by atoms with van der Waals surface area (Å²) < 4.78 is 5.41. The SMILES string of the molecule is CCCNCC1CCCCN(C)C1c1cccc(OC)c1. The van der Waals surface area contributed by atoms with Crippen LogP contribution in [0.1, 0.15) is 44.2 Å². The van der Waals surface area contributed by atoms with Gasteiger partial charge in [0.25, 0.3) is 0 Å². The van der Waals surface area contributed by atoms with Gasteiger partial charge < -0.3 is 10.1 Å². The summed E-state index contributed by atoms with van der Waals surface area (Å²) in [6.45, 7) is 5.64. The molecular formula is C18H30N2O. The normalized spacial score (nSPS) is 23.8. The van der Waals surface area contributed by atoms with Gasteiger partial charge in [0.15, 0.2) is 0 Å². The molecule has 1 N–H and O–H groups in total. The van der Waals surface area contributed by atoms with E-state index in [1.807, 2.05) is 6.07 Å². The zero-order valence-electron chi connectivity index (χ0n) is 13.8. The van der Waals surface area contributed by atoms with E-state index in [9.17, 15) is 0 Å². The standard InChI is InChI=1S/C18H30N2O/c1-4-11-19-14-16-8-5-6-12-20(2)18(16)15-9-7-10-17(13-15)21-3/h7,9-10,13,16,18-19H,4-6,8,11-12,14H2,1-3H3. The fourth-order valence-corrected chi connectivity index (χ4v) is 3.45. The first-order valence-electron chi connectivity index (χ1n) is 8.31. The third kappa shape index (κ3) is 4.45. The van der Waals surface area contributed by atoms with Gasteiger partial charge in [0.2, 0.25) is 0 Å². The van der Waals surface area contributed by atoms with Crippen LogP contribution < -0.4 is 10.1 Å². The summed E-state index contributed by atoms with van der Waals surface area (Å²) in [5, 5.41) is 3.62. The predicted octanol–water partition coefficient (Wildman–Crippen LogP) is 3.47. The molecule has 2 rings (SSSR count). The molecule has 0 amide bonds. The van der Waals surface area contributed by atoms with Gasteiger partial charge in [0, 0.05) is 6.04 Å². The Bertz CT molecular complexity index is 421. The van der Waals surface area contributed by atoms with Gasteiger partial charge in [-0.15, -0.1) is 0 Å². The molecule has 118 valence electrons. The van der Waals surface area contributed by atoms with E-state index in [-0.39, 0.29) is 0 Å². The molecule has 0 bridgehead atoms. The smallest absolute Gasteiger partial charge is 0.119 e. The highest BCUT2D eigenvalue weighted by atomic mass is 16.5. The van der Waals surface area contributed by atoms with E-state index >= 15 is 0 Å². The van der Waals surface area contributed by atoms with Crippen LogP contribution in [0, 0.1) is 5.92 Å². The molecule has 0 saturated carbocycles. The zero-order chi connectivity index (χ0) is 15.1. The lowest BCUT2D eigenvalue weighted by atomic mass is 9.89. The predicted molar refractivity (Wildman–Crippen MR) is 88.9 cm³/mol. The van der Waals surface area contributed by atoms with Gasteiger partial charge in [-0.3, -0.25) is 4.90 Å². The van der Waals surface area contributed by atoms with Crippen LogP contribution in [0.5, 0.6) is 5.75 Å². The minimum Gasteiger partial charge on any atom is -0.497 e. The van der Waals surface area contributed by atoms with Crippen molar-refractivity contribution >= 4 is 0 Å². The van der Waals surface area contributed by atoms with Gasteiger partial charge >= 0.3 is 0 Å². The average molecular weight is 290 g/mol. The molecule has 21 heavy (non-hydrogen) atoms. The number of ether oxygens (including phenoxy) is 1. The third-order valence-electron chi connectivity index (χ3n) is 4.53. The minimum absolute atomic E-state index is 0.493. The Morgan fingerprint density at radius 2 is 2.19 bits per heavy atom. The van der Waals surface area contributed by atoms with Crippen molar-refractivity contribution in [3.05, 3.63) is 29.8 Å². The molecule has 3 heteroatoms. The van der Waals surface area contributed by atoms with E-state index < -0.39 is 0 Å². The Morgan fingerprint density at radius 3 is 2.95 bits per heavy atom. The van der Waals surface area contributed by atoms with Crippen LogP contribution in [0.4, 0.5) is 0 Å². The summed E-state index contributed by atoms with van der Waals surface area (Å²) in [6.07, 6.45) is 5.15. The highest BCUT2D eigenvalue weighted by Gasteiger charge is 2.28. The number of hydrogen-bond donors (Lipinski definition) is 1. The van der Waals surface area contributed by atoms with E-state index in [0.29, 0.717) is 12.0 Å². The van der Waals surface area contributed by atoms with E-state index in [4.69, 9.17) is 4.74 Å². The quantitative estimate of drug-likeness (QED) is 0.812. The van der Waals surface area contributed by atoms with Crippen LogP contribution in [-0.2, 0) is 0 Å².